The van der Waals surface area contributed by atoms with E-state index in [-0.39, 0.29) is 0 Å². The number of aryl methyl sites for hydroxylation is 1. The van der Waals surface area contributed by atoms with Crippen LogP contribution in [-0.2, 0) is 7.05 Å². The first kappa shape index (κ1) is 15.9. The Kier molecular flexibility index (Phi) is 2.97. The van der Waals surface area contributed by atoms with Crippen LogP contribution >= 0.6 is 0 Å². The lowest BCUT2D eigenvalue weighted by molar-refractivity contribution is 1.01. The Balaban J connectivity index is 1.52. The van der Waals surface area contributed by atoms with Gasteiger partial charge in [-0.25, -0.2) is 4.98 Å². The van der Waals surface area contributed by atoms with E-state index in [4.69, 9.17) is 4.98 Å². The summed E-state index contributed by atoms with van der Waals surface area (Å²) >= 11 is 0. The number of fused-ring (bicyclic) bond motifs is 6. The molecule has 0 radical (unpaired) electrons. The molecule has 0 aliphatic heterocycles. The van der Waals surface area contributed by atoms with Gasteiger partial charge >= 0.3 is 0 Å². The molecule has 0 bridgehead atoms. The number of benzene rings is 4. The van der Waals surface area contributed by atoms with Crippen LogP contribution in [0.4, 0.5) is 0 Å². The van der Waals surface area contributed by atoms with Crippen molar-refractivity contribution < 1.29 is 0 Å². The number of para-hydroxylation sites is 1. The van der Waals surface area contributed by atoms with Gasteiger partial charge in [-0.2, -0.15) is 0 Å². The van der Waals surface area contributed by atoms with Crippen molar-refractivity contribution in [1.82, 2.24) is 9.55 Å². The summed E-state index contributed by atoms with van der Waals surface area (Å²) in [6.07, 6.45) is 0. The molecule has 0 atom stereocenters. The molecular formula is C28H18N2. The SMILES string of the molecule is Cn1c2ccccc2c2ccc(-c3cc4c5c(cccc5n3)-c3ccccc3-4)cc21. The maximum absolute atomic E-state index is 5.07. The second-order valence-corrected chi connectivity index (χ2v) is 8.11. The summed E-state index contributed by atoms with van der Waals surface area (Å²) in [4.78, 5) is 5.07. The second-order valence-electron chi connectivity index (χ2n) is 8.11. The molecule has 2 nitrogen and oxygen atoms in total. The summed E-state index contributed by atoms with van der Waals surface area (Å²) < 4.78 is 2.28. The van der Waals surface area contributed by atoms with Gasteiger partial charge in [0.05, 0.1) is 11.2 Å². The topological polar surface area (TPSA) is 17.8 Å². The van der Waals surface area contributed by atoms with Gasteiger partial charge in [-0.15, -0.1) is 0 Å². The molecule has 6 aromatic rings. The van der Waals surface area contributed by atoms with Crippen LogP contribution in [0.3, 0.4) is 0 Å². The Morgan fingerprint density at radius 2 is 1.33 bits per heavy atom. The van der Waals surface area contributed by atoms with Crippen molar-refractivity contribution >= 4 is 32.7 Å². The van der Waals surface area contributed by atoms with Gasteiger partial charge in [0, 0.05) is 39.8 Å². The van der Waals surface area contributed by atoms with Crippen LogP contribution in [0.1, 0.15) is 0 Å². The van der Waals surface area contributed by atoms with Gasteiger partial charge in [0.25, 0.3) is 0 Å². The van der Waals surface area contributed by atoms with E-state index in [0.717, 1.165) is 16.8 Å². The van der Waals surface area contributed by atoms with Crippen LogP contribution in [0.25, 0.3) is 66.2 Å². The highest BCUT2D eigenvalue weighted by Gasteiger charge is 2.22. The van der Waals surface area contributed by atoms with Crippen LogP contribution in [0.2, 0.25) is 0 Å². The fourth-order valence-electron chi connectivity index (χ4n) is 5.14. The highest BCUT2D eigenvalue weighted by atomic mass is 14.9. The molecule has 0 N–H and O–H groups in total. The van der Waals surface area contributed by atoms with E-state index in [0.29, 0.717) is 0 Å². The van der Waals surface area contributed by atoms with Crippen LogP contribution in [0, 0.1) is 0 Å². The zero-order valence-corrected chi connectivity index (χ0v) is 16.6. The summed E-state index contributed by atoms with van der Waals surface area (Å²) in [6, 6.07) is 32.7. The van der Waals surface area contributed by atoms with Crippen LogP contribution in [0.15, 0.2) is 91.0 Å². The van der Waals surface area contributed by atoms with Gasteiger partial charge in [0.1, 0.15) is 0 Å². The molecule has 4 aromatic carbocycles. The molecule has 0 spiro atoms. The van der Waals surface area contributed by atoms with Crippen LogP contribution in [0.5, 0.6) is 0 Å². The Bertz CT molecular complexity index is 1650. The maximum atomic E-state index is 5.07. The lowest BCUT2D eigenvalue weighted by atomic mass is 10.0. The van der Waals surface area contributed by atoms with E-state index >= 15 is 0 Å². The Morgan fingerprint density at radius 3 is 2.23 bits per heavy atom. The third kappa shape index (κ3) is 1.95. The van der Waals surface area contributed by atoms with E-state index in [1.54, 1.807) is 0 Å². The van der Waals surface area contributed by atoms with E-state index in [9.17, 15) is 0 Å². The molecule has 0 fully saturated rings. The minimum Gasteiger partial charge on any atom is -0.344 e. The van der Waals surface area contributed by atoms with E-state index < -0.39 is 0 Å². The maximum Gasteiger partial charge on any atom is 0.0722 e. The van der Waals surface area contributed by atoms with Crippen LogP contribution in [-0.4, -0.2) is 9.55 Å². The average molecular weight is 382 g/mol. The van der Waals surface area contributed by atoms with Crippen molar-refractivity contribution in [1.29, 1.82) is 0 Å². The Hall–Kier alpha value is -3.91. The molecule has 0 amide bonds. The molecule has 2 aromatic heterocycles. The Labute approximate surface area is 174 Å². The molecule has 140 valence electrons. The van der Waals surface area contributed by atoms with Crippen molar-refractivity contribution in [2.75, 3.05) is 0 Å². The number of aromatic nitrogens is 2. The van der Waals surface area contributed by atoms with Gasteiger partial charge in [0.15, 0.2) is 0 Å². The average Bonchev–Trinajstić information content (AvgIpc) is 3.28. The zero-order chi connectivity index (χ0) is 19.8. The summed E-state index contributed by atoms with van der Waals surface area (Å²) in [7, 11) is 2.14. The minimum atomic E-state index is 1.03. The quantitative estimate of drug-likeness (QED) is 0.294. The molecule has 30 heavy (non-hydrogen) atoms. The normalized spacial score (nSPS) is 12.2. The van der Waals surface area contributed by atoms with Crippen molar-refractivity contribution in [2.24, 2.45) is 7.05 Å². The number of hydrogen-bond donors (Lipinski definition) is 0. The first-order valence-corrected chi connectivity index (χ1v) is 10.3. The molecule has 0 saturated heterocycles. The third-order valence-corrected chi connectivity index (χ3v) is 6.55. The molecule has 2 heterocycles. The molecule has 2 heteroatoms. The fraction of sp³-hybridized carbons (Fsp3) is 0.0357. The highest BCUT2D eigenvalue weighted by Crippen LogP contribution is 2.47. The summed E-state index contributed by atoms with van der Waals surface area (Å²) in [6.45, 7) is 0. The first-order valence-electron chi connectivity index (χ1n) is 10.3. The van der Waals surface area contributed by atoms with Crippen molar-refractivity contribution in [3.05, 3.63) is 91.0 Å². The number of hydrogen-bond acceptors (Lipinski definition) is 1. The largest absolute Gasteiger partial charge is 0.344 e. The lowest BCUT2D eigenvalue weighted by Gasteiger charge is -2.08. The Morgan fingerprint density at radius 1 is 0.600 bits per heavy atom. The van der Waals surface area contributed by atoms with E-state index in [2.05, 4.69) is 103 Å². The highest BCUT2D eigenvalue weighted by molar-refractivity contribution is 6.15. The smallest absolute Gasteiger partial charge is 0.0722 e. The molecule has 7 rings (SSSR count). The van der Waals surface area contributed by atoms with Gasteiger partial charge in [-0.1, -0.05) is 66.7 Å². The van der Waals surface area contributed by atoms with Crippen LogP contribution < -0.4 is 0 Å². The minimum absolute atomic E-state index is 1.03. The molecule has 0 unspecified atom stereocenters. The number of nitrogens with zero attached hydrogens (tertiary/aromatic N) is 2. The lowest BCUT2D eigenvalue weighted by Crippen LogP contribution is -1.90. The number of rotatable bonds is 1. The number of pyridine rings is 1. The fourth-order valence-corrected chi connectivity index (χ4v) is 5.14. The molecular weight excluding hydrogens is 364 g/mol. The van der Waals surface area contributed by atoms with Gasteiger partial charge < -0.3 is 4.57 Å². The predicted octanol–water partition coefficient (Wildman–Crippen LogP) is 7.19. The van der Waals surface area contributed by atoms with E-state index in [1.165, 1.54) is 49.4 Å². The van der Waals surface area contributed by atoms with Gasteiger partial charge in [-0.3, -0.25) is 0 Å². The predicted molar refractivity (Wildman–Crippen MR) is 126 cm³/mol. The summed E-state index contributed by atoms with van der Waals surface area (Å²) in [5.74, 6) is 0. The van der Waals surface area contributed by atoms with Gasteiger partial charge in [0.2, 0.25) is 0 Å². The molecule has 1 aliphatic rings. The standard InChI is InChI=1S/C28H18N2/c1-30-26-12-5-4-9-20(26)21-14-13-17(15-27(21)30)25-16-23-19-8-3-2-7-18(19)22-10-6-11-24(29-25)28(22)23/h2-16H,1H3. The van der Waals surface area contributed by atoms with Crippen molar-refractivity contribution in [3.63, 3.8) is 0 Å². The monoisotopic (exact) mass is 382 g/mol. The van der Waals surface area contributed by atoms with Crippen molar-refractivity contribution in [2.45, 2.75) is 0 Å². The van der Waals surface area contributed by atoms with E-state index in [1.807, 2.05) is 0 Å². The first-order chi connectivity index (χ1) is 14.8. The zero-order valence-electron chi connectivity index (χ0n) is 16.6. The molecule has 1 aliphatic carbocycles. The second kappa shape index (κ2) is 5.58. The third-order valence-electron chi connectivity index (χ3n) is 6.55. The van der Waals surface area contributed by atoms with Gasteiger partial charge in [-0.05, 0) is 46.5 Å². The molecule has 0 saturated carbocycles. The summed E-state index contributed by atoms with van der Waals surface area (Å²) in [5.41, 5.74) is 10.9. The van der Waals surface area contributed by atoms with Crippen molar-refractivity contribution in [3.8, 4) is 33.5 Å². The summed E-state index contributed by atoms with van der Waals surface area (Å²) in [5, 5.41) is 3.85.